The molecule has 0 unspecified atom stereocenters. The van der Waals surface area contributed by atoms with Gasteiger partial charge in [-0.2, -0.15) is 0 Å². The summed E-state index contributed by atoms with van der Waals surface area (Å²) in [4.78, 5) is 10.8. The average Bonchev–Trinajstić information content (AvgIpc) is 2.05. The highest BCUT2D eigenvalue weighted by Gasteiger charge is 1.92. The zero-order valence-corrected chi connectivity index (χ0v) is 7.74. The van der Waals surface area contributed by atoms with Crippen LogP contribution in [0, 0.1) is 11.8 Å². The van der Waals surface area contributed by atoms with E-state index in [2.05, 4.69) is 29.4 Å². The van der Waals surface area contributed by atoms with E-state index in [9.17, 15) is 4.79 Å². The second kappa shape index (κ2) is 8.09. The number of carbonyl (C=O) groups is 1. The second-order valence-corrected chi connectivity index (χ2v) is 2.34. The fourth-order valence-electron chi connectivity index (χ4n) is 0.750. The third-order valence-corrected chi connectivity index (χ3v) is 1.30. The number of nitrogens with one attached hydrogen (secondary N) is 2. The second-order valence-electron chi connectivity index (χ2n) is 2.34. The summed E-state index contributed by atoms with van der Waals surface area (Å²) in [7, 11) is 0. The Bertz CT molecular complexity index is 179. The standard InChI is InChI=1S/C9H16N2O/c1-3-6-9(12)11-8-5-7-10-4-2/h10H,4-5,7-8H2,1-2H3,(H,11,12). The van der Waals surface area contributed by atoms with Gasteiger partial charge in [-0.3, -0.25) is 4.79 Å². The largest absolute Gasteiger partial charge is 0.345 e. The summed E-state index contributed by atoms with van der Waals surface area (Å²) in [6.07, 6.45) is 0.949. The molecule has 0 aromatic rings. The van der Waals surface area contributed by atoms with E-state index in [4.69, 9.17) is 0 Å². The molecule has 0 heterocycles. The van der Waals surface area contributed by atoms with Crippen molar-refractivity contribution in [1.29, 1.82) is 0 Å². The summed E-state index contributed by atoms with van der Waals surface area (Å²) in [5, 5.41) is 5.86. The van der Waals surface area contributed by atoms with Crippen LogP contribution in [0.25, 0.3) is 0 Å². The van der Waals surface area contributed by atoms with E-state index < -0.39 is 0 Å². The summed E-state index contributed by atoms with van der Waals surface area (Å²) in [6, 6.07) is 0. The lowest BCUT2D eigenvalue weighted by atomic mass is 10.4. The fraction of sp³-hybridized carbons (Fsp3) is 0.667. The lowest BCUT2D eigenvalue weighted by Crippen LogP contribution is -2.26. The predicted octanol–water partition coefficient (Wildman–Crippen LogP) is 0.125. The number of hydrogen-bond acceptors (Lipinski definition) is 2. The van der Waals surface area contributed by atoms with E-state index in [1.165, 1.54) is 0 Å². The molecule has 0 aliphatic rings. The minimum atomic E-state index is -0.186. The first-order valence-electron chi connectivity index (χ1n) is 4.22. The Morgan fingerprint density at radius 3 is 2.75 bits per heavy atom. The van der Waals surface area contributed by atoms with Crippen LogP contribution >= 0.6 is 0 Å². The van der Waals surface area contributed by atoms with Crippen molar-refractivity contribution in [1.82, 2.24) is 10.6 Å². The molecule has 0 aromatic heterocycles. The van der Waals surface area contributed by atoms with E-state index in [1.54, 1.807) is 6.92 Å². The Morgan fingerprint density at radius 2 is 2.17 bits per heavy atom. The number of rotatable bonds is 5. The maximum absolute atomic E-state index is 10.8. The van der Waals surface area contributed by atoms with E-state index in [1.807, 2.05) is 0 Å². The van der Waals surface area contributed by atoms with Crippen molar-refractivity contribution < 1.29 is 4.79 Å². The van der Waals surface area contributed by atoms with Crippen molar-refractivity contribution in [2.75, 3.05) is 19.6 Å². The van der Waals surface area contributed by atoms with Crippen molar-refractivity contribution in [3.63, 3.8) is 0 Å². The van der Waals surface area contributed by atoms with Gasteiger partial charge in [0.25, 0.3) is 5.91 Å². The molecule has 0 spiro atoms. The van der Waals surface area contributed by atoms with Gasteiger partial charge >= 0.3 is 0 Å². The van der Waals surface area contributed by atoms with E-state index in [0.29, 0.717) is 6.54 Å². The van der Waals surface area contributed by atoms with Crippen molar-refractivity contribution in [2.24, 2.45) is 0 Å². The van der Waals surface area contributed by atoms with Gasteiger partial charge in [0, 0.05) is 6.54 Å². The fourth-order valence-corrected chi connectivity index (χ4v) is 0.750. The van der Waals surface area contributed by atoms with Crippen LogP contribution in [-0.4, -0.2) is 25.5 Å². The van der Waals surface area contributed by atoms with Crippen LogP contribution in [0.1, 0.15) is 20.3 Å². The molecule has 0 atom stereocenters. The minimum Gasteiger partial charge on any atom is -0.345 e. The molecule has 0 saturated heterocycles. The van der Waals surface area contributed by atoms with Gasteiger partial charge in [-0.1, -0.05) is 12.8 Å². The van der Waals surface area contributed by atoms with Crippen molar-refractivity contribution in [3.05, 3.63) is 0 Å². The normalized spacial score (nSPS) is 8.50. The molecule has 0 aliphatic carbocycles. The quantitative estimate of drug-likeness (QED) is 0.452. The molecule has 0 bridgehead atoms. The van der Waals surface area contributed by atoms with E-state index >= 15 is 0 Å². The first-order valence-corrected chi connectivity index (χ1v) is 4.22. The van der Waals surface area contributed by atoms with Crippen LogP contribution in [0.15, 0.2) is 0 Å². The zero-order valence-electron chi connectivity index (χ0n) is 7.74. The van der Waals surface area contributed by atoms with Gasteiger partial charge in [0.1, 0.15) is 0 Å². The van der Waals surface area contributed by atoms with Crippen LogP contribution in [0.3, 0.4) is 0 Å². The molecule has 0 aliphatic heterocycles. The average molecular weight is 168 g/mol. The van der Waals surface area contributed by atoms with Crippen LogP contribution in [0.5, 0.6) is 0 Å². The van der Waals surface area contributed by atoms with E-state index in [-0.39, 0.29) is 5.91 Å². The molecule has 12 heavy (non-hydrogen) atoms. The highest BCUT2D eigenvalue weighted by Crippen LogP contribution is 1.72. The van der Waals surface area contributed by atoms with Gasteiger partial charge in [0.2, 0.25) is 0 Å². The SMILES string of the molecule is CC#CC(=O)NCCCNCC. The molecular formula is C9H16N2O. The molecular weight excluding hydrogens is 152 g/mol. The Hall–Kier alpha value is -1.01. The summed E-state index contributed by atoms with van der Waals surface area (Å²) in [5.41, 5.74) is 0. The molecule has 0 saturated carbocycles. The first kappa shape index (κ1) is 11.0. The highest BCUT2D eigenvalue weighted by molar-refractivity contribution is 5.93. The lowest BCUT2D eigenvalue weighted by molar-refractivity contribution is -0.115. The molecule has 0 aromatic carbocycles. The minimum absolute atomic E-state index is 0.186. The topological polar surface area (TPSA) is 41.1 Å². The van der Waals surface area contributed by atoms with Crippen molar-refractivity contribution in [3.8, 4) is 11.8 Å². The van der Waals surface area contributed by atoms with Crippen LogP contribution in [0.4, 0.5) is 0 Å². The summed E-state index contributed by atoms with van der Waals surface area (Å²) in [6.45, 7) is 6.32. The Morgan fingerprint density at radius 1 is 1.42 bits per heavy atom. The van der Waals surface area contributed by atoms with Gasteiger partial charge in [0.05, 0.1) is 0 Å². The van der Waals surface area contributed by atoms with Gasteiger partial charge in [-0.05, 0) is 32.4 Å². The monoisotopic (exact) mass is 168 g/mol. The predicted molar refractivity (Wildman–Crippen MR) is 49.6 cm³/mol. The third-order valence-electron chi connectivity index (χ3n) is 1.30. The third kappa shape index (κ3) is 7.10. The highest BCUT2D eigenvalue weighted by atomic mass is 16.1. The molecule has 0 radical (unpaired) electrons. The molecule has 3 nitrogen and oxygen atoms in total. The molecule has 0 rings (SSSR count). The first-order chi connectivity index (χ1) is 5.81. The van der Waals surface area contributed by atoms with Crippen LogP contribution in [-0.2, 0) is 4.79 Å². The van der Waals surface area contributed by atoms with Gasteiger partial charge in [-0.15, -0.1) is 0 Å². The van der Waals surface area contributed by atoms with Crippen LogP contribution in [0.2, 0.25) is 0 Å². The number of hydrogen-bond donors (Lipinski definition) is 2. The Balaban J connectivity index is 3.18. The molecule has 1 amide bonds. The summed E-state index contributed by atoms with van der Waals surface area (Å²) in [5.74, 6) is 4.77. The number of amides is 1. The number of carbonyl (C=O) groups excluding carboxylic acids is 1. The zero-order chi connectivity index (χ0) is 9.23. The molecule has 0 fully saturated rings. The molecule has 68 valence electrons. The van der Waals surface area contributed by atoms with Gasteiger partial charge in [-0.25, -0.2) is 0 Å². The summed E-state index contributed by atoms with van der Waals surface area (Å²) < 4.78 is 0. The Kier molecular flexibility index (Phi) is 7.41. The summed E-state index contributed by atoms with van der Waals surface area (Å²) >= 11 is 0. The van der Waals surface area contributed by atoms with Crippen molar-refractivity contribution >= 4 is 5.91 Å². The van der Waals surface area contributed by atoms with Crippen molar-refractivity contribution in [2.45, 2.75) is 20.3 Å². The maximum atomic E-state index is 10.8. The van der Waals surface area contributed by atoms with Crippen LogP contribution < -0.4 is 10.6 Å². The van der Waals surface area contributed by atoms with E-state index in [0.717, 1.165) is 19.5 Å². The maximum Gasteiger partial charge on any atom is 0.295 e. The smallest absolute Gasteiger partial charge is 0.295 e. The van der Waals surface area contributed by atoms with Gasteiger partial charge in [0.15, 0.2) is 0 Å². The lowest BCUT2D eigenvalue weighted by Gasteiger charge is -2.01. The Labute approximate surface area is 73.9 Å². The molecule has 2 N–H and O–H groups in total. The molecule has 3 heteroatoms. The van der Waals surface area contributed by atoms with Gasteiger partial charge < -0.3 is 10.6 Å².